The van der Waals surface area contributed by atoms with Crippen molar-refractivity contribution in [3.8, 4) is 11.1 Å². The van der Waals surface area contributed by atoms with Gasteiger partial charge >= 0.3 is 0 Å². The molecular weight excluding hydrogens is 212 g/mol. The van der Waals surface area contributed by atoms with E-state index in [-0.39, 0.29) is 5.56 Å². The largest absolute Gasteiger partial charge is 0.328 e. The third kappa shape index (κ3) is 2.07. The van der Waals surface area contributed by atoms with E-state index in [1.54, 1.807) is 18.6 Å². The average Bonchev–Trinajstić information content (AvgIpc) is 2.30. The zero-order valence-electron chi connectivity index (χ0n) is 7.90. The van der Waals surface area contributed by atoms with Gasteiger partial charge in [-0.1, -0.05) is 6.07 Å². The lowest BCUT2D eigenvalue weighted by Gasteiger charge is -2.05. The van der Waals surface area contributed by atoms with Crippen LogP contribution in [0.2, 0.25) is 0 Å². The number of pyridine rings is 2. The van der Waals surface area contributed by atoms with E-state index in [4.69, 9.17) is 11.6 Å². The van der Waals surface area contributed by atoms with Crippen molar-refractivity contribution < 1.29 is 0 Å². The molecule has 0 aliphatic rings. The lowest BCUT2D eigenvalue weighted by Crippen LogP contribution is -2.05. The Hall–Kier alpha value is -1.61. The second kappa shape index (κ2) is 4.28. The van der Waals surface area contributed by atoms with Crippen molar-refractivity contribution in [3.05, 3.63) is 52.7 Å². The van der Waals surface area contributed by atoms with Crippen molar-refractivity contribution in [3.63, 3.8) is 0 Å². The van der Waals surface area contributed by atoms with E-state index in [1.165, 1.54) is 6.07 Å². The van der Waals surface area contributed by atoms with E-state index < -0.39 is 0 Å². The van der Waals surface area contributed by atoms with Gasteiger partial charge in [-0.05, 0) is 11.6 Å². The normalized spacial score (nSPS) is 10.2. The quantitative estimate of drug-likeness (QED) is 0.789. The van der Waals surface area contributed by atoms with Crippen LogP contribution in [0, 0.1) is 0 Å². The molecule has 1 N–H and O–H groups in total. The van der Waals surface area contributed by atoms with Crippen LogP contribution in [0.3, 0.4) is 0 Å². The van der Waals surface area contributed by atoms with E-state index in [1.807, 2.05) is 12.1 Å². The molecule has 0 saturated carbocycles. The van der Waals surface area contributed by atoms with Gasteiger partial charge in [-0.25, -0.2) is 0 Å². The molecule has 0 atom stereocenters. The summed E-state index contributed by atoms with van der Waals surface area (Å²) in [5, 5.41) is 0. The van der Waals surface area contributed by atoms with E-state index in [9.17, 15) is 4.79 Å². The number of H-pyrrole nitrogens is 1. The molecule has 0 aliphatic carbocycles. The summed E-state index contributed by atoms with van der Waals surface area (Å²) >= 11 is 5.78. The Balaban J connectivity index is 2.58. The molecule has 4 heteroatoms. The third-order valence-corrected chi connectivity index (χ3v) is 2.41. The zero-order chi connectivity index (χ0) is 10.7. The molecule has 15 heavy (non-hydrogen) atoms. The van der Waals surface area contributed by atoms with Crippen molar-refractivity contribution in [1.82, 2.24) is 9.97 Å². The number of aromatic amines is 1. The SMILES string of the molecule is O=c1cc(CCl)c(-c2cccnc2)c[nH]1. The maximum atomic E-state index is 11.1. The monoisotopic (exact) mass is 220 g/mol. The molecule has 76 valence electrons. The molecule has 0 fully saturated rings. The fourth-order valence-electron chi connectivity index (χ4n) is 1.42. The van der Waals surface area contributed by atoms with Gasteiger partial charge in [0.25, 0.3) is 0 Å². The van der Waals surface area contributed by atoms with E-state index in [0.29, 0.717) is 5.88 Å². The smallest absolute Gasteiger partial charge is 0.248 e. The number of alkyl halides is 1. The van der Waals surface area contributed by atoms with Crippen LogP contribution in [0.4, 0.5) is 0 Å². The predicted molar refractivity (Wildman–Crippen MR) is 59.9 cm³/mol. The number of halogens is 1. The highest BCUT2D eigenvalue weighted by Gasteiger charge is 2.04. The number of rotatable bonds is 2. The predicted octanol–water partition coefficient (Wildman–Crippen LogP) is 2.18. The van der Waals surface area contributed by atoms with E-state index in [2.05, 4.69) is 9.97 Å². The molecule has 2 heterocycles. The first-order chi connectivity index (χ1) is 7.31. The van der Waals surface area contributed by atoms with Gasteiger partial charge in [0.15, 0.2) is 0 Å². The molecule has 0 saturated heterocycles. The van der Waals surface area contributed by atoms with Crippen LogP contribution in [-0.2, 0) is 5.88 Å². The molecule has 0 unspecified atom stereocenters. The summed E-state index contributed by atoms with van der Waals surface area (Å²) in [5.41, 5.74) is 2.54. The summed E-state index contributed by atoms with van der Waals surface area (Å²) in [6, 6.07) is 5.28. The number of aromatic nitrogens is 2. The number of nitrogens with zero attached hydrogens (tertiary/aromatic N) is 1. The molecule has 0 amide bonds. The summed E-state index contributed by atoms with van der Waals surface area (Å²) in [6.07, 6.45) is 5.11. The molecule has 0 aliphatic heterocycles. The zero-order valence-corrected chi connectivity index (χ0v) is 8.66. The fourth-order valence-corrected chi connectivity index (χ4v) is 1.64. The maximum Gasteiger partial charge on any atom is 0.248 e. The van der Waals surface area contributed by atoms with E-state index >= 15 is 0 Å². The Morgan fingerprint density at radius 2 is 2.33 bits per heavy atom. The Morgan fingerprint density at radius 3 is 3.00 bits per heavy atom. The standard InChI is InChI=1S/C11H9ClN2O/c12-5-9-4-11(15)14-7-10(9)8-2-1-3-13-6-8/h1-4,6-7H,5H2,(H,14,15). The minimum absolute atomic E-state index is 0.140. The van der Waals surface area contributed by atoms with Gasteiger partial charge in [0.2, 0.25) is 5.56 Å². The van der Waals surface area contributed by atoms with Crippen molar-refractivity contribution in [1.29, 1.82) is 0 Å². The number of hydrogen-bond donors (Lipinski definition) is 1. The molecule has 0 aromatic carbocycles. The summed E-state index contributed by atoms with van der Waals surface area (Å²) in [6.45, 7) is 0. The van der Waals surface area contributed by atoms with Gasteiger partial charge < -0.3 is 4.98 Å². The first kappa shape index (κ1) is 9.93. The Labute approximate surface area is 91.8 Å². The highest BCUT2D eigenvalue weighted by atomic mass is 35.5. The van der Waals surface area contributed by atoms with Crippen LogP contribution in [0.1, 0.15) is 5.56 Å². The second-order valence-electron chi connectivity index (χ2n) is 3.11. The highest BCUT2D eigenvalue weighted by molar-refractivity contribution is 6.17. The Bertz CT molecular complexity index is 507. The molecule has 2 aromatic rings. The average molecular weight is 221 g/mol. The van der Waals surface area contributed by atoms with Crippen molar-refractivity contribution >= 4 is 11.6 Å². The first-order valence-electron chi connectivity index (χ1n) is 4.49. The number of hydrogen-bond acceptors (Lipinski definition) is 2. The number of nitrogens with one attached hydrogen (secondary N) is 1. The molecule has 3 nitrogen and oxygen atoms in total. The van der Waals surface area contributed by atoms with Gasteiger partial charge in [-0.15, -0.1) is 11.6 Å². The topological polar surface area (TPSA) is 45.8 Å². The lowest BCUT2D eigenvalue weighted by atomic mass is 10.1. The fraction of sp³-hybridized carbons (Fsp3) is 0.0909. The molecule has 2 rings (SSSR count). The Morgan fingerprint density at radius 1 is 1.47 bits per heavy atom. The molecule has 0 radical (unpaired) electrons. The van der Waals surface area contributed by atoms with Crippen LogP contribution in [0.5, 0.6) is 0 Å². The minimum atomic E-state index is -0.140. The van der Waals surface area contributed by atoms with E-state index in [0.717, 1.165) is 16.7 Å². The minimum Gasteiger partial charge on any atom is -0.328 e. The summed E-state index contributed by atoms with van der Waals surface area (Å²) in [5.74, 6) is 0.314. The molecule has 0 spiro atoms. The second-order valence-corrected chi connectivity index (χ2v) is 3.38. The van der Waals surface area contributed by atoms with Crippen molar-refractivity contribution in [2.75, 3.05) is 0 Å². The van der Waals surface area contributed by atoms with Crippen LogP contribution < -0.4 is 5.56 Å². The van der Waals surface area contributed by atoms with Crippen molar-refractivity contribution in [2.45, 2.75) is 5.88 Å². The van der Waals surface area contributed by atoms with Gasteiger partial charge in [0, 0.05) is 41.7 Å². The first-order valence-corrected chi connectivity index (χ1v) is 5.02. The maximum absolute atomic E-state index is 11.1. The van der Waals surface area contributed by atoms with Crippen LogP contribution in [-0.4, -0.2) is 9.97 Å². The molecule has 0 bridgehead atoms. The molecule has 2 aromatic heterocycles. The van der Waals surface area contributed by atoms with Gasteiger partial charge in [0.1, 0.15) is 0 Å². The van der Waals surface area contributed by atoms with Crippen LogP contribution in [0.25, 0.3) is 11.1 Å². The summed E-state index contributed by atoms with van der Waals surface area (Å²) in [7, 11) is 0. The van der Waals surface area contributed by atoms with Crippen molar-refractivity contribution in [2.24, 2.45) is 0 Å². The molecular formula is C11H9ClN2O. The van der Waals surface area contributed by atoms with Gasteiger partial charge in [-0.2, -0.15) is 0 Å². The van der Waals surface area contributed by atoms with Crippen LogP contribution in [0.15, 0.2) is 41.6 Å². The highest BCUT2D eigenvalue weighted by Crippen LogP contribution is 2.21. The lowest BCUT2D eigenvalue weighted by molar-refractivity contribution is 1.19. The summed E-state index contributed by atoms with van der Waals surface area (Å²) < 4.78 is 0. The van der Waals surface area contributed by atoms with Crippen LogP contribution >= 0.6 is 11.6 Å². The van der Waals surface area contributed by atoms with Gasteiger partial charge in [0.05, 0.1) is 0 Å². The Kier molecular flexibility index (Phi) is 2.83. The van der Waals surface area contributed by atoms with Gasteiger partial charge in [-0.3, -0.25) is 9.78 Å². The third-order valence-electron chi connectivity index (χ3n) is 2.13. The summed E-state index contributed by atoms with van der Waals surface area (Å²) in [4.78, 5) is 17.8.